The van der Waals surface area contributed by atoms with Gasteiger partial charge in [0.25, 0.3) is 5.56 Å². The van der Waals surface area contributed by atoms with Gasteiger partial charge in [0, 0.05) is 4.88 Å². The number of hydrogen-bond acceptors (Lipinski definition) is 5. The Balaban J connectivity index is 1.68. The minimum atomic E-state index is -0.266. The highest BCUT2D eigenvalue weighted by Crippen LogP contribution is 2.18. The molecule has 0 fully saturated rings. The van der Waals surface area contributed by atoms with E-state index in [9.17, 15) is 9.59 Å². The molecule has 0 saturated carbocycles. The summed E-state index contributed by atoms with van der Waals surface area (Å²) >= 11 is 1.47. The van der Waals surface area contributed by atoms with Crippen LogP contribution in [0.4, 0.5) is 0 Å². The Hall–Kier alpha value is -3.06. The third-order valence-electron chi connectivity index (χ3n) is 4.15. The zero-order chi connectivity index (χ0) is 18.1. The number of aryl methyl sites for hydroxylation is 1. The monoisotopic (exact) mass is 364 g/mol. The van der Waals surface area contributed by atoms with Crippen molar-refractivity contribution in [3.05, 3.63) is 75.1 Å². The van der Waals surface area contributed by atoms with Crippen LogP contribution in [0.15, 0.2) is 59.8 Å². The average Bonchev–Trinajstić information content (AvgIpc) is 3.32. The number of rotatable bonds is 5. The minimum absolute atomic E-state index is 0.0258. The quantitative estimate of drug-likeness (QED) is 0.510. The lowest BCUT2D eigenvalue weighted by atomic mass is 10.3. The summed E-state index contributed by atoms with van der Waals surface area (Å²) in [6.45, 7) is 2.02. The number of thiophene rings is 1. The van der Waals surface area contributed by atoms with Crippen LogP contribution in [0.25, 0.3) is 16.7 Å². The summed E-state index contributed by atoms with van der Waals surface area (Å²) in [6, 6.07) is 13.3. The van der Waals surface area contributed by atoms with Gasteiger partial charge in [0.1, 0.15) is 11.7 Å². The number of carbonyl (C=O) groups is 1. The Morgan fingerprint density at radius 1 is 1.15 bits per heavy atom. The maximum atomic E-state index is 12.7. The van der Waals surface area contributed by atoms with Gasteiger partial charge in [0.05, 0.1) is 23.3 Å². The number of aromatic nitrogens is 4. The van der Waals surface area contributed by atoms with Crippen LogP contribution < -0.4 is 5.56 Å². The molecule has 1 aromatic carbocycles. The van der Waals surface area contributed by atoms with Gasteiger partial charge in [0.2, 0.25) is 0 Å². The molecule has 4 aromatic rings. The topological polar surface area (TPSA) is 69.8 Å². The average molecular weight is 364 g/mol. The first-order valence-electron chi connectivity index (χ1n) is 8.28. The molecule has 0 saturated heterocycles. The number of hydrogen-bond donors (Lipinski definition) is 0. The molecule has 0 aliphatic rings. The van der Waals surface area contributed by atoms with Crippen LogP contribution in [0.1, 0.15) is 21.5 Å². The van der Waals surface area contributed by atoms with Crippen molar-refractivity contribution in [2.75, 3.05) is 0 Å². The summed E-state index contributed by atoms with van der Waals surface area (Å²) in [5, 5.41) is 4.67. The first kappa shape index (κ1) is 16.4. The Kier molecular flexibility index (Phi) is 4.22. The fraction of sp³-hybridized carbons (Fsp3) is 0.158. The van der Waals surface area contributed by atoms with Crippen LogP contribution in [-0.4, -0.2) is 25.1 Å². The van der Waals surface area contributed by atoms with Crippen LogP contribution in [0.2, 0.25) is 0 Å². The Morgan fingerprint density at radius 2 is 1.96 bits per heavy atom. The molecular formula is C19H16N4O2S. The van der Waals surface area contributed by atoms with E-state index in [4.69, 9.17) is 0 Å². The Morgan fingerprint density at radius 3 is 2.69 bits per heavy atom. The van der Waals surface area contributed by atoms with E-state index in [2.05, 4.69) is 10.1 Å². The summed E-state index contributed by atoms with van der Waals surface area (Å²) in [6.07, 6.45) is 3.81. The van der Waals surface area contributed by atoms with Gasteiger partial charge in [-0.2, -0.15) is 5.10 Å². The van der Waals surface area contributed by atoms with E-state index in [1.54, 1.807) is 4.68 Å². The van der Waals surface area contributed by atoms with Gasteiger partial charge in [-0.1, -0.05) is 25.1 Å². The maximum absolute atomic E-state index is 12.7. The van der Waals surface area contributed by atoms with Crippen molar-refractivity contribution in [1.82, 2.24) is 19.3 Å². The third-order valence-corrected chi connectivity index (χ3v) is 5.42. The highest BCUT2D eigenvalue weighted by Gasteiger charge is 2.15. The molecule has 0 aliphatic carbocycles. The number of fused-ring (bicyclic) bond motifs is 1. The highest BCUT2D eigenvalue weighted by atomic mass is 32.1. The molecule has 7 heteroatoms. The molecule has 26 heavy (non-hydrogen) atoms. The van der Waals surface area contributed by atoms with Crippen LogP contribution in [-0.2, 0) is 13.0 Å². The molecule has 0 aliphatic heterocycles. The number of carbonyl (C=O) groups excluding carboxylic acids is 1. The summed E-state index contributed by atoms with van der Waals surface area (Å²) < 4.78 is 2.96. The highest BCUT2D eigenvalue weighted by molar-refractivity contribution is 7.14. The molecule has 6 nitrogen and oxygen atoms in total. The Labute approximate surface area is 153 Å². The lowest BCUT2D eigenvalue weighted by molar-refractivity contribution is 0.0974. The predicted octanol–water partition coefficient (Wildman–Crippen LogP) is 3.09. The van der Waals surface area contributed by atoms with E-state index in [0.717, 1.165) is 17.0 Å². The van der Waals surface area contributed by atoms with Gasteiger partial charge in [-0.25, -0.2) is 9.67 Å². The van der Waals surface area contributed by atoms with Crippen LogP contribution in [0.5, 0.6) is 0 Å². The Bertz CT molecular complexity index is 1140. The second-order valence-corrected chi connectivity index (χ2v) is 7.02. The predicted molar refractivity (Wildman–Crippen MR) is 101 cm³/mol. The molecule has 3 aromatic heterocycles. The van der Waals surface area contributed by atoms with Gasteiger partial charge in [-0.05, 0) is 30.7 Å². The number of Topliss-reactive ketones (excluding diaryl/α,β-unsaturated/α-hetero) is 1. The molecule has 0 bridgehead atoms. The maximum Gasteiger partial charge on any atom is 0.264 e. The molecule has 0 radical (unpaired) electrons. The van der Waals surface area contributed by atoms with Crippen LogP contribution >= 0.6 is 11.3 Å². The normalized spacial score (nSPS) is 11.1. The van der Waals surface area contributed by atoms with Gasteiger partial charge in [0.15, 0.2) is 11.4 Å². The van der Waals surface area contributed by atoms with Crippen molar-refractivity contribution in [3.8, 4) is 5.69 Å². The summed E-state index contributed by atoms with van der Waals surface area (Å²) in [5.74, 6) is -0.0894. The van der Waals surface area contributed by atoms with Gasteiger partial charge < -0.3 is 0 Å². The fourth-order valence-corrected chi connectivity index (χ4v) is 3.65. The smallest absolute Gasteiger partial charge is 0.264 e. The van der Waals surface area contributed by atoms with Crippen molar-refractivity contribution in [2.24, 2.45) is 0 Å². The van der Waals surface area contributed by atoms with Gasteiger partial charge in [-0.3, -0.25) is 14.2 Å². The molecule has 0 spiro atoms. The van der Waals surface area contributed by atoms with Crippen molar-refractivity contribution < 1.29 is 4.79 Å². The van der Waals surface area contributed by atoms with E-state index in [1.807, 2.05) is 49.4 Å². The second-order valence-electron chi connectivity index (χ2n) is 5.85. The molecule has 0 atom stereocenters. The molecule has 3 heterocycles. The molecule has 0 unspecified atom stereocenters. The van der Waals surface area contributed by atoms with Crippen molar-refractivity contribution in [3.63, 3.8) is 0 Å². The third kappa shape index (κ3) is 2.86. The first-order valence-corrected chi connectivity index (χ1v) is 9.09. The largest absolute Gasteiger partial charge is 0.291 e. The second kappa shape index (κ2) is 6.68. The van der Waals surface area contributed by atoms with Crippen molar-refractivity contribution in [1.29, 1.82) is 0 Å². The van der Waals surface area contributed by atoms with Gasteiger partial charge in [-0.15, -0.1) is 11.3 Å². The molecule has 0 N–H and O–H groups in total. The number of ketones is 1. The molecule has 0 amide bonds. The summed E-state index contributed by atoms with van der Waals surface area (Å²) in [4.78, 5) is 31.4. The van der Waals surface area contributed by atoms with E-state index in [-0.39, 0.29) is 17.9 Å². The summed E-state index contributed by atoms with van der Waals surface area (Å²) in [5.41, 5.74) is 1.04. The zero-order valence-corrected chi connectivity index (χ0v) is 14.9. The lowest BCUT2D eigenvalue weighted by Crippen LogP contribution is -2.24. The zero-order valence-electron chi connectivity index (χ0n) is 14.1. The SMILES string of the molecule is CCc1ccc(C(=O)Cn2cnc3c(cnn3-c3ccccc3)c2=O)s1. The van der Waals surface area contributed by atoms with E-state index < -0.39 is 0 Å². The summed E-state index contributed by atoms with van der Waals surface area (Å²) in [7, 11) is 0. The lowest BCUT2D eigenvalue weighted by Gasteiger charge is -2.05. The molecule has 130 valence electrons. The van der Waals surface area contributed by atoms with E-state index >= 15 is 0 Å². The van der Waals surface area contributed by atoms with Gasteiger partial charge >= 0.3 is 0 Å². The molecule has 4 rings (SSSR count). The first-order chi connectivity index (χ1) is 12.7. The fourth-order valence-electron chi connectivity index (χ4n) is 2.77. The number of para-hydroxylation sites is 1. The minimum Gasteiger partial charge on any atom is -0.291 e. The van der Waals surface area contributed by atoms with Crippen molar-refractivity contribution in [2.45, 2.75) is 19.9 Å². The van der Waals surface area contributed by atoms with E-state index in [0.29, 0.717) is 15.9 Å². The van der Waals surface area contributed by atoms with Crippen LogP contribution in [0.3, 0.4) is 0 Å². The van der Waals surface area contributed by atoms with Crippen molar-refractivity contribution >= 4 is 28.2 Å². The number of benzene rings is 1. The standard InChI is InChI=1S/C19H16N4O2S/c1-2-14-8-9-17(26-14)16(24)11-22-12-20-18-15(19(22)25)10-21-23(18)13-6-4-3-5-7-13/h3-10,12H,2,11H2,1H3. The van der Waals surface area contributed by atoms with Crippen LogP contribution in [0, 0.1) is 0 Å². The number of nitrogens with zero attached hydrogens (tertiary/aromatic N) is 4. The van der Waals surface area contributed by atoms with E-state index in [1.165, 1.54) is 28.4 Å². The molecular weight excluding hydrogens is 348 g/mol.